The molecule has 0 aliphatic carbocycles. The van der Waals surface area contributed by atoms with Gasteiger partial charge in [-0.1, -0.05) is 0 Å². The topological polar surface area (TPSA) is 91.8 Å². The molecule has 0 bridgehead atoms. The highest BCUT2D eigenvalue weighted by molar-refractivity contribution is 5.77. The first-order chi connectivity index (χ1) is 15.2. The third-order valence-electron chi connectivity index (χ3n) is 4.20. The van der Waals surface area contributed by atoms with E-state index in [0.717, 1.165) is 22.8 Å². The van der Waals surface area contributed by atoms with Crippen molar-refractivity contribution < 1.29 is 23.7 Å². The van der Waals surface area contributed by atoms with Crippen LogP contribution in [0, 0.1) is 0 Å². The number of carbonyl (C=O) groups is 1. The molecule has 8 heteroatoms. The number of ether oxygens (including phenoxy) is 4. The van der Waals surface area contributed by atoms with Crippen LogP contribution in [0.5, 0.6) is 23.1 Å². The van der Waals surface area contributed by atoms with Gasteiger partial charge in [0.15, 0.2) is 6.61 Å². The zero-order valence-electron chi connectivity index (χ0n) is 17.5. The van der Waals surface area contributed by atoms with Gasteiger partial charge in [0, 0.05) is 11.6 Å². The Hall–Kier alpha value is -3.81. The standard InChI is InChI=1S/C23H25N3O5/c1-3-29-19-6-4-17(5-7-19)21-12-13-23(26-25-21)30-15-14-24-22(27)16-31-20-10-8-18(28-2)9-11-20/h4-13H,3,14-16H2,1-2H3,(H,24,27). The highest BCUT2D eigenvalue weighted by atomic mass is 16.5. The molecule has 3 rings (SSSR count). The third-order valence-corrected chi connectivity index (χ3v) is 4.20. The quantitative estimate of drug-likeness (QED) is 0.474. The van der Waals surface area contributed by atoms with E-state index in [4.69, 9.17) is 18.9 Å². The molecule has 2 aromatic carbocycles. The van der Waals surface area contributed by atoms with Crippen molar-refractivity contribution in [1.82, 2.24) is 15.5 Å². The number of rotatable bonds is 11. The van der Waals surface area contributed by atoms with Crippen LogP contribution in [-0.2, 0) is 4.79 Å². The first-order valence-corrected chi connectivity index (χ1v) is 9.91. The molecule has 0 spiro atoms. The van der Waals surface area contributed by atoms with Gasteiger partial charge in [-0.05, 0) is 61.5 Å². The van der Waals surface area contributed by atoms with Crippen molar-refractivity contribution in [1.29, 1.82) is 0 Å². The molecule has 0 aliphatic heterocycles. The number of methoxy groups -OCH3 is 1. The minimum atomic E-state index is -0.239. The Kier molecular flexibility index (Phi) is 8.05. The molecular weight excluding hydrogens is 398 g/mol. The Bertz CT molecular complexity index is 944. The molecule has 0 aliphatic rings. The number of hydrogen-bond donors (Lipinski definition) is 1. The second kappa shape index (κ2) is 11.4. The largest absolute Gasteiger partial charge is 0.497 e. The summed E-state index contributed by atoms with van der Waals surface area (Å²) in [6.07, 6.45) is 0. The van der Waals surface area contributed by atoms with Crippen molar-refractivity contribution in [2.75, 3.05) is 33.5 Å². The van der Waals surface area contributed by atoms with E-state index in [9.17, 15) is 4.79 Å². The summed E-state index contributed by atoms with van der Waals surface area (Å²) in [6.45, 7) is 3.09. The summed E-state index contributed by atoms with van der Waals surface area (Å²) in [6, 6.07) is 18.2. The van der Waals surface area contributed by atoms with Gasteiger partial charge in [0.2, 0.25) is 5.88 Å². The average molecular weight is 423 g/mol. The summed E-state index contributed by atoms with van der Waals surface area (Å²) in [5, 5.41) is 11.0. The fraction of sp³-hybridized carbons (Fsp3) is 0.261. The fourth-order valence-corrected chi connectivity index (χ4v) is 2.66. The van der Waals surface area contributed by atoms with E-state index in [0.29, 0.717) is 24.8 Å². The Morgan fingerprint density at radius 3 is 2.16 bits per heavy atom. The number of nitrogens with one attached hydrogen (secondary N) is 1. The second-order valence-electron chi connectivity index (χ2n) is 6.38. The molecule has 0 unspecified atom stereocenters. The molecular formula is C23H25N3O5. The molecule has 1 heterocycles. The molecule has 0 saturated heterocycles. The summed E-state index contributed by atoms with van der Waals surface area (Å²) in [7, 11) is 1.59. The van der Waals surface area contributed by atoms with Crippen molar-refractivity contribution in [3.8, 4) is 34.4 Å². The Morgan fingerprint density at radius 1 is 0.839 bits per heavy atom. The molecule has 162 valence electrons. The van der Waals surface area contributed by atoms with E-state index < -0.39 is 0 Å². The zero-order valence-corrected chi connectivity index (χ0v) is 17.5. The van der Waals surface area contributed by atoms with Crippen molar-refractivity contribution in [3.63, 3.8) is 0 Å². The molecule has 31 heavy (non-hydrogen) atoms. The highest BCUT2D eigenvalue weighted by Gasteiger charge is 2.05. The van der Waals surface area contributed by atoms with Crippen LogP contribution >= 0.6 is 0 Å². The zero-order chi connectivity index (χ0) is 21.9. The van der Waals surface area contributed by atoms with Crippen LogP contribution in [-0.4, -0.2) is 49.6 Å². The van der Waals surface area contributed by atoms with Gasteiger partial charge in [-0.25, -0.2) is 0 Å². The van der Waals surface area contributed by atoms with Gasteiger partial charge in [0.1, 0.15) is 23.9 Å². The Balaban J connectivity index is 1.36. The molecule has 0 atom stereocenters. The molecule has 8 nitrogen and oxygen atoms in total. The van der Waals surface area contributed by atoms with Crippen LogP contribution < -0.4 is 24.3 Å². The lowest BCUT2D eigenvalue weighted by Gasteiger charge is -2.09. The van der Waals surface area contributed by atoms with E-state index >= 15 is 0 Å². The van der Waals surface area contributed by atoms with E-state index in [1.807, 2.05) is 37.3 Å². The van der Waals surface area contributed by atoms with Crippen LogP contribution in [0.2, 0.25) is 0 Å². The third kappa shape index (κ3) is 6.88. The average Bonchev–Trinajstić information content (AvgIpc) is 2.82. The molecule has 0 fully saturated rings. The maximum absolute atomic E-state index is 11.9. The number of benzene rings is 2. The van der Waals surface area contributed by atoms with E-state index in [2.05, 4.69) is 15.5 Å². The monoisotopic (exact) mass is 423 g/mol. The van der Waals surface area contributed by atoms with E-state index in [1.165, 1.54) is 0 Å². The lowest BCUT2D eigenvalue weighted by Crippen LogP contribution is -2.32. The van der Waals surface area contributed by atoms with Gasteiger partial charge in [-0.3, -0.25) is 4.79 Å². The number of aromatic nitrogens is 2. The number of carbonyl (C=O) groups excluding carboxylic acids is 1. The van der Waals surface area contributed by atoms with Crippen LogP contribution in [0.4, 0.5) is 0 Å². The van der Waals surface area contributed by atoms with Crippen molar-refractivity contribution >= 4 is 5.91 Å². The normalized spacial score (nSPS) is 10.3. The van der Waals surface area contributed by atoms with Crippen molar-refractivity contribution in [2.24, 2.45) is 0 Å². The highest BCUT2D eigenvalue weighted by Crippen LogP contribution is 2.21. The minimum absolute atomic E-state index is 0.0804. The lowest BCUT2D eigenvalue weighted by atomic mass is 10.1. The summed E-state index contributed by atoms with van der Waals surface area (Å²) >= 11 is 0. The van der Waals surface area contributed by atoms with Crippen LogP contribution in [0.25, 0.3) is 11.3 Å². The molecule has 0 saturated carbocycles. The maximum atomic E-state index is 11.9. The van der Waals surface area contributed by atoms with Crippen molar-refractivity contribution in [2.45, 2.75) is 6.92 Å². The number of hydrogen-bond acceptors (Lipinski definition) is 7. The van der Waals surface area contributed by atoms with Gasteiger partial charge in [-0.2, -0.15) is 0 Å². The summed E-state index contributed by atoms with van der Waals surface area (Å²) < 4.78 is 21.5. The summed E-state index contributed by atoms with van der Waals surface area (Å²) in [4.78, 5) is 11.9. The fourth-order valence-electron chi connectivity index (χ4n) is 2.66. The molecule has 1 aromatic heterocycles. The maximum Gasteiger partial charge on any atom is 0.258 e. The molecule has 1 N–H and O–H groups in total. The summed E-state index contributed by atoms with van der Waals surface area (Å²) in [5.74, 6) is 2.28. The first kappa shape index (κ1) is 21.9. The molecule has 0 radical (unpaired) electrons. The van der Waals surface area contributed by atoms with E-state index in [1.54, 1.807) is 37.4 Å². The van der Waals surface area contributed by atoms with Gasteiger partial charge in [0.25, 0.3) is 5.91 Å². The van der Waals surface area contributed by atoms with Crippen LogP contribution in [0.3, 0.4) is 0 Å². The van der Waals surface area contributed by atoms with Crippen LogP contribution in [0.15, 0.2) is 60.7 Å². The molecule has 1 amide bonds. The van der Waals surface area contributed by atoms with Gasteiger partial charge in [-0.15, -0.1) is 10.2 Å². The minimum Gasteiger partial charge on any atom is -0.497 e. The lowest BCUT2D eigenvalue weighted by molar-refractivity contribution is -0.123. The Labute approximate surface area is 181 Å². The smallest absolute Gasteiger partial charge is 0.258 e. The van der Waals surface area contributed by atoms with Crippen LogP contribution in [0.1, 0.15) is 6.92 Å². The summed E-state index contributed by atoms with van der Waals surface area (Å²) in [5.41, 5.74) is 1.67. The number of amides is 1. The molecule has 3 aromatic rings. The van der Waals surface area contributed by atoms with E-state index in [-0.39, 0.29) is 19.1 Å². The predicted octanol–water partition coefficient (Wildman–Crippen LogP) is 3.12. The second-order valence-corrected chi connectivity index (χ2v) is 6.38. The van der Waals surface area contributed by atoms with Gasteiger partial charge in [0.05, 0.1) is 26.0 Å². The predicted molar refractivity (Wildman–Crippen MR) is 116 cm³/mol. The SMILES string of the molecule is CCOc1ccc(-c2ccc(OCCNC(=O)COc3ccc(OC)cc3)nn2)cc1. The van der Waals surface area contributed by atoms with Gasteiger partial charge >= 0.3 is 0 Å². The van der Waals surface area contributed by atoms with Crippen molar-refractivity contribution in [3.05, 3.63) is 60.7 Å². The first-order valence-electron chi connectivity index (χ1n) is 9.91. The number of nitrogens with zero attached hydrogens (tertiary/aromatic N) is 2. The Morgan fingerprint density at radius 2 is 1.52 bits per heavy atom. The van der Waals surface area contributed by atoms with Gasteiger partial charge < -0.3 is 24.3 Å².